The molecule has 0 spiro atoms. The molecule has 108 valence electrons. The average molecular weight is 337 g/mol. The Balaban J connectivity index is 1.52. The summed E-state index contributed by atoms with van der Waals surface area (Å²) in [6.45, 7) is 5.59. The van der Waals surface area contributed by atoms with Crippen molar-refractivity contribution < 1.29 is 4.79 Å². The summed E-state index contributed by atoms with van der Waals surface area (Å²) in [5, 5.41) is 0. The molecule has 0 amide bonds. The van der Waals surface area contributed by atoms with Gasteiger partial charge in [0.25, 0.3) is 0 Å². The average Bonchev–Trinajstić information content (AvgIpc) is 2.92. The van der Waals surface area contributed by atoms with Crippen molar-refractivity contribution >= 4 is 21.7 Å². The number of carbonyl (C=O) groups is 1. The largest absolute Gasteiger partial charge is 0.300 e. The van der Waals surface area contributed by atoms with Crippen molar-refractivity contribution in [1.29, 1.82) is 0 Å². The molecule has 3 nitrogen and oxygen atoms in total. The number of carbonyl (C=O) groups excluding carboxylic acids is 1. The molecule has 1 unspecified atom stereocenters. The van der Waals surface area contributed by atoms with Crippen molar-refractivity contribution in [3.63, 3.8) is 0 Å². The minimum Gasteiger partial charge on any atom is -0.300 e. The third kappa shape index (κ3) is 3.13. The van der Waals surface area contributed by atoms with Gasteiger partial charge < -0.3 is 4.90 Å². The lowest BCUT2D eigenvalue weighted by Crippen LogP contribution is -2.50. The lowest BCUT2D eigenvalue weighted by atomic mass is 10.1. The Kier molecular flexibility index (Phi) is 4.54. The summed E-state index contributed by atoms with van der Waals surface area (Å²) in [7, 11) is 0. The van der Waals surface area contributed by atoms with Crippen molar-refractivity contribution in [3.8, 4) is 0 Å². The van der Waals surface area contributed by atoms with Crippen LogP contribution in [-0.4, -0.2) is 54.3 Å². The second-order valence-electron chi connectivity index (χ2n) is 5.79. The quantitative estimate of drug-likeness (QED) is 0.790. The van der Waals surface area contributed by atoms with Gasteiger partial charge in [-0.3, -0.25) is 9.69 Å². The van der Waals surface area contributed by atoms with Crippen LogP contribution in [0.2, 0.25) is 0 Å². The van der Waals surface area contributed by atoms with E-state index in [1.807, 2.05) is 24.3 Å². The van der Waals surface area contributed by atoms with E-state index in [0.29, 0.717) is 6.42 Å². The van der Waals surface area contributed by atoms with Gasteiger partial charge in [-0.15, -0.1) is 0 Å². The van der Waals surface area contributed by atoms with Crippen LogP contribution in [0.5, 0.6) is 0 Å². The zero-order valence-corrected chi connectivity index (χ0v) is 13.3. The fourth-order valence-electron chi connectivity index (χ4n) is 3.34. The zero-order valence-electron chi connectivity index (χ0n) is 11.7. The van der Waals surface area contributed by atoms with Gasteiger partial charge in [0.2, 0.25) is 0 Å². The maximum atomic E-state index is 12.3. The number of Topliss-reactive ketones (excluding diaryl/α,β-unsaturated/α-hetero) is 1. The summed E-state index contributed by atoms with van der Waals surface area (Å²) in [6, 6.07) is 8.45. The van der Waals surface area contributed by atoms with Crippen LogP contribution in [0.25, 0.3) is 0 Å². The highest BCUT2D eigenvalue weighted by molar-refractivity contribution is 9.10. The second kappa shape index (κ2) is 6.37. The van der Waals surface area contributed by atoms with Gasteiger partial charge in [-0.1, -0.05) is 34.1 Å². The second-order valence-corrected chi connectivity index (χ2v) is 6.64. The molecule has 2 heterocycles. The maximum absolute atomic E-state index is 12.3. The molecule has 2 fully saturated rings. The van der Waals surface area contributed by atoms with Crippen LogP contribution in [0, 0.1) is 0 Å². The van der Waals surface area contributed by atoms with Crippen molar-refractivity contribution in [2.75, 3.05) is 32.7 Å². The van der Waals surface area contributed by atoms with Gasteiger partial charge in [-0.25, -0.2) is 0 Å². The standard InChI is InChI=1S/C16H21BrN2O/c17-15-6-2-1-5-14(15)16(20)7-9-18-10-11-19-8-3-4-13(19)12-18/h1-2,5-6,13H,3-4,7-12H2. The van der Waals surface area contributed by atoms with Gasteiger partial charge in [0, 0.05) is 48.7 Å². The van der Waals surface area contributed by atoms with Gasteiger partial charge in [0.1, 0.15) is 0 Å². The smallest absolute Gasteiger partial charge is 0.165 e. The van der Waals surface area contributed by atoms with Crippen LogP contribution in [0.3, 0.4) is 0 Å². The fourth-order valence-corrected chi connectivity index (χ4v) is 3.85. The Labute approximate surface area is 129 Å². The number of rotatable bonds is 4. The summed E-state index contributed by atoms with van der Waals surface area (Å²) in [4.78, 5) is 17.3. The number of hydrogen-bond donors (Lipinski definition) is 0. The SMILES string of the molecule is O=C(CCN1CCN2CCCC2C1)c1ccccc1Br. The van der Waals surface area contributed by atoms with Crippen molar-refractivity contribution in [2.24, 2.45) is 0 Å². The molecule has 2 saturated heterocycles. The number of nitrogens with zero attached hydrogens (tertiary/aromatic N) is 2. The minimum absolute atomic E-state index is 0.242. The van der Waals surface area contributed by atoms with E-state index in [9.17, 15) is 4.79 Å². The summed E-state index contributed by atoms with van der Waals surface area (Å²) in [5.41, 5.74) is 0.812. The molecule has 0 aliphatic carbocycles. The van der Waals surface area contributed by atoms with Gasteiger partial charge in [-0.2, -0.15) is 0 Å². The Morgan fingerprint density at radius 1 is 1.25 bits per heavy atom. The lowest BCUT2D eigenvalue weighted by molar-refractivity contribution is 0.0871. The first-order valence-corrected chi connectivity index (χ1v) is 8.27. The molecule has 0 saturated carbocycles. The molecule has 2 aliphatic heterocycles. The zero-order chi connectivity index (χ0) is 13.9. The van der Waals surface area contributed by atoms with Crippen LogP contribution in [0.15, 0.2) is 28.7 Å². The predicted octanol–water partition coefficient (Wildman–Crippen LogP) is 2.80. The van der Waals surface area contributed by atoms with E-state index < -0.39 is 0 Å². The highest BCUT2D eigenvalue weighted by Crippen LogP contribution is 2.22. The topological polar surface area (TPSA) is 23.6 Å². The van der Waals surface area contributed by atoms with E-state index in [2.05, 4.69) is 25.7 Å². The first-order chi connectivity index (χ1) is 9.74. The number of ketones is 1. The Morgan fingerprint density at radius 3 is 2.95 bits per heavy atom. The summed E-state index contributed by atoms with van der Waals surface area (Å²) in [5.74, 6) is 0.242. The Morgan fingerprint density at radius 2 is 2.10 bits per heavy atom. The molecule has 1 atom stereocenters. The normalized spacial score (nSPS) is 23.8. The van der Waals surface area contributed by atoms with E-state index in [0.717, 1.165) is 35.7 Å². The van der Waals surface area contributed by atoms with Crippen molar-refractivity contribution in [3.05, 3.63) is 34.3 Å². The molecule has 0 aromatic heterocycles. The number of piperazine rings is 1. The van der Waals surface area contributed by atoms with Gasteiger partial charge in [-0.05, 0) is 25.5 Å². The summed E-state index contributed by atoms with van der Waals surface area (Å²) >= 11 is 3.46. The predicted molar refractivity (Wildman–Crippen MR) is 84.1 cm³/mol. The van der Waals surface area contributed by atoms with E-state index in [-0.39, 0.29) is 5.78 Å². The maximum Gasteiger partial charge on any atom is 0.165 e. The molecule has 0 radical (unpaired) electrons. The molecule has 20 heavy (non-hydrogen) atoms. The summed E-state index contributed by atoms with van der Waals surface area (Å²) in [6.07, 6.45) is 3.29. The molecule has 2 aliphatic rings. The molecule has 1 aromatic rings. The molecule has 4 heteroatoms. The first kappa shape index (κ1) is 14.2. The van der Waals surface area contributed by atoms with Crippen molar-refractivity contribution in [2.45, 2.75) is 25.3 Å². The lowest BCUT2D eigenvalue weighted by Gasteiger charge is -2.37. The number of benzene rings is 1. The molecule has 0 N–H and O–H groups in total. The van der Waals surface area contributed by atoms with E-state index in [1.165, 1.54) is 25.9 Å². The van der Waals surface area contributed by atoms with Gasteiger partial charge in [0.05, 0.1) is 0 Å². The monoisotopic (exact) mass is 336 g/mol. The molecule has 3 rings (SSSR count). The minimum atomic E-state index is 0.242. The highest BCUT2D eigenvalue weighted by Gasteiger charge is 2.30. The van der Waals surface area contributed by atoms with Crippen LogP contribution in [-0.2, 0) is 0 Å². The molecule has 0 bridgehead atoms. The number of fused-ring (bicyclic) bond motifs is 1. The molecular weight excluding hydrogens is 316 g/mol. The van der Waals surface area contributed by atoms with Crippen molar-refractivity contribution in [1.82, 2.24) is 9.80 Å². The third-order valence-corrected chi connectivity index (χ3v) is 5.19. The Bertz CT molecular complexity index is 491. The van der Waals surface area contributed by atoms with Gasteiger partial charge >= 0.3 is 0 Å². The van der Waals surface area contributed by atoms with Crippen LogP contribution in [0.4, 0.5) is 0 Å². The van der Waals surface area contributed by atoms with E-state index in [4.69, 9.17) is 0 Å². The molecule has 1 aromatic carbocycles. The van der Waals surface area contributed by atoms with Crippen LogP contribution in [0.1, 0.15) is 29.6 Å². The van der Waals surface area contributed by atoms with E-state index >= 15 is 0 Å². The first-order valence-electron chi connectivity index (χ1n) is 7.48. The number of halogens is 1. The highest BCUT2D eigenvalue weighted by atomic mass is 79.9. The van der Waals surface area contributed by atoms with E-state index in [1.54, 1.807) is 0 Å². The Hall–Kier alpha value is -0.710. The molecular formula is C16H21BrN2O. The number of hydrogen-bond acceptors (Lipinski definition) is 3. The van der Waals surface area contributed by atoms with Crippen LogP contribution < -0.4 is 0 Å². The van der Waals surface area contributed by atoms with Gasteiger partial charge in [0.15, 0.2) is 5.78 Å². The van der Waals surface area contributed by atoms with Crippen LogP contribution >= 0.6 is 15.9 Å². The fraction of sp³-hybridized carbons (Fsp3) is 0.562. The third-order valence-electron chi connectivity index (χ3n) is 4.50. The summed E-state index contributed by atoms with van der Waals surface area (Å²) < 4.78 is 0.908.